The molecule has 2 heterocycles. The van der Waals surface area contributed by atoms with Crippen LogP contribution in [0.25, 0.3) is 17.0 Å². The third kappa shape index (κ3) is 6.72. The molecule has 0 aliphatic heterocycles. The fraction of sp³-hybridized carbons (Fsp3) is 0.250. The number of amides is 1. The largest absolute Gasteiger partial charge is 0.378 e. The third-order valence-corrected chi connectivity index (χ3v) is 6.75. The molecule has 0 saturated carbocycles. The molecule has 2 aromatic carbocycles. The van der Waals surface area contributed by atoms with Crippen LogP contribution in [0.3, 0.4) is 0 Å². The molecule has 0 bridgehead atoms. The number of rotatable bonds is 8. The molecule has 0 radical (unpaired) electrons. The van der Waals surface area contributed by atoms with Crippen LogP contribution < -0.4 is 16.2 Å². The lowest BCUT2D eigenvalue weighted by Crippen LogP contribution is -2.28. The van der Waals surface area contributed by atoms with Gasteiger partial charge in [0.2, 0.25) is 0 Å². The third-order valence-electron chi connectivity index (χ3n) is 6.75. The molecule has 0 unspecified atom stereocenters. The summed E-state index contributed by atoms with van der Waals surface area (Å²) in [6, 6.07) is 17.1. The van der Waals surface area contributed by atoms with Crippen molar-refractivity contribution in [2.75, 3.05) is 24.7 Å². The molecule has 9 nitrogen and oxygen atoms in total. The molecule has 10 heteroatoms. The number of aryl methyl sites for hydroxylation is 1. The highest BCUT2D eigenvalue weighted by molar-refractivity contribution is 5.81. The molecule has 2 aromatic heterocycles. The van der Waals surface area contributed by atoms with Gasteiger partial charge in [-0.2, -0.15) is 5.10 Å². The first kappa shape index (κ1) is 30.1. The van der Waals surface area contributed by atoms with Gasteiger partial charge in [0.25, 0.3) is 11.5 Å². The number of carbonyl (C=O) groups excluding carboxylic acids is 1. The lowest BCUT2D eigenvalue weighted by atomic mass is 9.86. The average molecular weight is 571 g/mol. The fourth-order valence-corrected chi connectivity index (χ4v) is 4.19. The van der Waals surface area contributed by atoms with E-state index in [0.717, 1.165) is 5.56 Å². The first-order valence-corrected chi connectivity index (χ1v) is 13.3. The van der Waals surface area contributed by atoms with Crippen molar-refractivity contribution in [2.24, 2.45) is 7.05 Å². The predicted molar refractivity (Wildman–Crippen MR) is 164 cm³/mol. The Kier molecular flexibility index (Phi) is 8.58. The summed E-state index contributed by atoms with van der Waals surface area (Å²) in [5.74, 6) is -0.610. The maximum Gasteiger partial charge on any atom is 0.290 e. The first-order valence-electron chi connectivity index (χ1n) is 13.3. The maximum atomic E-state index is 14.8. The molecule has 0 spiro atoms. The minimum atomic E-state index is -1.35. The van der Waals surface area contributed by atoms with E-state index in [2.05, 4.69) is 48.1 Å². The molecule has 1 amide bonds. The van der Waals surface area contributed by atoms with E-state index in [1.165, 1.54) is 34.5 Å². The number of nitrogens with one attached hydrogen (secondary N) is 2. The molecule has 3 N–H and O–H groups in total. The van der Waals surface area contributed by atoms with Gasteiger partial charge in [0.05, 0.1) is 11.4 Å². The van der Waals surface area contributed by atoms with E-state index < -0.39 is 23.4 Å². The van der Waals surface area contributed by atoms with Gasteiger partial charge in [-0.25, -0.2) is 14.1 Å². The predicted octanol–water partition coefficient (Wildman–Crippen LogP) is 5.23. The van der Waals surface area contributed by atoms with Crippen molar-refractivity contribution in [3.63, 3.8) is 0 Å². The van der Waals surface area contributed by atoms with Crippen molar-refractivity contribution in [2.45, 2.75) is 32.3 Å². The number of likely N-dealkylation sites (N-methyl/N-ethyl adjacent to an activating group) is 1. The Balaban J connectivity index is 1.57. The molecular formula is C32H35FN6O3. The summed E-state index contributed by atoms with van der Waals surface area (Å²) >= 11 is 0. The molecule has 1 atom stereocenters. The van der Waals surface area contributed by atoms with Crippen molar-refractivity contribution in [3.05, 3.63) is 106 Å². The van der Waals surface area contributed by atoms with E-state index in [4.69, 9.17) is 0 Å². The highest BCUT2D eigenvalue weighted by Crippen LogP contribution is 2.29. The van der Waals surface area contributed by atoms with Gasteiger partial charge in [-0.1, -0.05) is 57.7 Å². The number of benzene rings is 2. The minimum Gasteiger partial charge on any atom is -0.378 e. The van der Waals surface area contributed by atoms with Crippen LogP contribution in [-0.2, 0) is 17.3 Å². The van der Waals surface area contributed by atoms with Crippen molar-refractivity contribution < 1.29 is 14.3 Å². The molecule has 4 rings (SSSR count). The van der Waals surface area contributed by atoms with Gasteiger partial charge in [0.1, 0.15) is 17.3 Å². The smallest absolute Gasteiger partial charge is 0.290 e. The van der Waals surface area contributed by atoms with E-state index in [1.807, 2.05) is 24.3 Å². The van der Waals surface area contributed by atoms with E-state index in [9.17, 15) is 19.1 Å². The SMILES string of the molecule is C=C(Nc1cc(-c2cc(Nc3ccc([C@@H](O)C(=O)N(C)C)cn3)c(=O)n(C)n2)ccc1F)c1ccc(C(C)(C)C)cc1. The maximum absolute atomic E-state index is 14.8. The van der Waals surface area contributed by atoms with Crippen LogP contribution in [0.4, 0.5) is 21.6 Å². The summed E-state index contributed by atoms with van der Waals surface area (Å²) in [6.07, 6.45) is 0.0183. The number of nitrogens with zero attached hydrogens (tertiary/aromatic N) is 4. The summed E-state index contributed by atoms with van der Waals surface area (Å²) in [7, 11) is 4.62. The van der Waals surface area contributed by atoms with Crippen molar-refractivity contribution in [1.29, 1.82) is 0 Å². The Labute approximate surface area is 244 Å². The van der Waals surface area contributed by atoms with Gasteiger partial charge in [-0.05, 0) is 46.9 Å². The van der Waals surface area contributed by atoms with E-state index in [-0.39, 0.29) is 16.8 Å². The van der Waals surface area contributed by atoms with E-state index in [1.54, 1.807) is 44.4 Å². The van der Waals surface area contributed by atoms with Gasteiger partial charge in [0, 0.05) is 44.2 Å². The van der Waals surface area contributed by atoms with Crippen LogP contribution in [0.15, 0.2) is 78.2 Å². The quantitative estimate of drug-likeness (QED) is 0.266. The number of halogens is 1. The summed E-state index contributed by atoms with van der Waals surface area (Å²) in [5, 5.41) is 20.6. The van der Waals surface area contributed by atoms with Crippen LogP contribution in [0.2, 0.25) is 0 Å². The van der Waals surface area contributed by atoms with E-state index >= 15 is 0 Å². The summed E-state index contributed by atoms with van der Waals surface area (Å²) < 4.78 is 16.0. The molecule has 0 fully saturated rings. The molecule has 0 aliphatic rings. The van der Waals surface area contributed by atoms with Crippen molar-refractivity contribution in [1.82, 2.24) is 19.7 Å². The summed E-state index contributed by atoms with van der Waals surface area (Å²) in [4.78, 5) is 30.4. The lowest BCUT2D eigenvalue weighted by Gasteiger charge is -2.19. The molecule has 42 heavy (non-hydrogen) atoms. The van der Waals surface area contributed by atoms with Gasteiger partial charge in [-0.15, -0.1) is 0 Å². The first-order chi connectivity index (χ1) is 19.7. The Hall–Kier alpha value is -4.83. The van der Waals surface area contributed by atoms with Crippen molar-refractivity contribution in [3.8, 4) is 11.3 Å². The molecule has 0 saturated heterocycles. The zero-order chi connectivity index (χ0) is 30.8. The number of hydrogen-bond acceptors (Lipinski definition) is 7. The molecular weight excluding hydrogens is 535 g/mol. The van der Waals surface area contributed by atoms with E-state index in [0.29, 0.717) is 28.3 Å². The summed E-state index contributed by atoms with van der Waals surface area (Å²) in [6.45, 7) is 10.5. The molecule has 4 aromatic rings. The van der Waals surface area contributed by atoms with Gasteiger partial charge in [0.15, 0.2) is 6.10 Å². The second kappa shape index (κ2) is 12.0. The number of aromatic nitrogens is 3. The Bertz CT molecular complexity index is 1670. The molecule has 0 aliphatic carbocycles. The number of hydrogen-bond donors (Lipinski definition) is 3. The van der Waals surface area contributed by atoms with Crippen LogP contribution in [0.1, 0.15) is 43.6 Å². The highest BCUT2D eigenvalue weighted by Gasteiger charge is 2.20. The monoisotopic (exact) mass is 570 g/mol. The average Bonchev–Trinajstić information content (AvgIpc) is 2.95. The highest BCUT2D eigenvalue weighted by atomic mass is 19.1. The number of aliphatic hydroxyl groups excluding tert-OH is 1. The topological polar surface area (TPSA) is 112 Å². The number of aliphatic hydroxyl groups is 1. The van der Waals surface area contributed by atoms with Crippen LogP contribution in [0, 0.1) is 5.82 Å². The lowest BCUT2D eigenvalue weighted by molar-refractivity contribution is -0.137. The van der Waals surface area contributed by atoms with Crippen LogP contribution in [-0.4, -0.2) is 44.8 Å². The second-order valence-electron chi connectivity index (χ2n) is 11.2. The van der Waals surface area contributed by atoms with Gasteiger partial charge < -0.3 is 20.6 Å². The number of carbonyl (C=O) groups is 1. The van der Waals surface area contributed by atoms with Crippen molar-refractivity contribution >= 4 is 28.8 Å². The number of pyridine rings is 1. The normalized spacial score (nSPS) is 12.0. The van der Waals surface area contributed by atoms with Crippen LogP contribution >= 0.6 is 0 Å². The fourth-order valence-electron chi connectivity index (χ4n) is 4.19. The summed E-state index contributed by atoms with van der Waals surface area (Å²) in [5.41, 5.74) is 3.87. The Morgan fingerprint density at radius 3 is 2.33 bits per heavy atom. The Morgan fingerprint density at radius 2 is 1.74 bits per heavy atom. The standard InChI is InChI=1S/C32H35FN6O3/c1-19(20-8-12-23(13-9-20)32(2,3)4)35-26-16-21(10-14-24(26)33)25-17-27(30(41)39(7)37-25)36-28-15-11-22(18-34-28)29(40)31(42)38(5)6/h8-18,29,35,40H,1H2,2-7H3,(H,34,36)/t29-/m1/s1. The number of anilines is 3. The Morgan fingerprint density at radius 1 is 1.05 bits per heavy atom. The second-order valence-corrected chi connectivity index (χ2v) is 11.2. The molecule has 218 valence electrons. The zero-order valence-electron chi connectivity index (χ0n) is 24.6. The van der Waals surface area contributed by atoms with Crippen LogP contribution in [0.5, 0.6) is 0 Å². The van der Waals surface area contributed by atoms with Gasteiger partial charge in [-0.3, -0.25) is 9.59 Å². The zero-order valence-corrected chi connectivity index (χ0v) is 24.6. The minimum absolute atomic E-state index is 0.0125. The van der Waals surface area contributed by atoms with Gasteiger partial charge >= 0.3 is 0 Å².